The number of amides is 1. The first-order chi connectivity index (χ1) is 11.9. The number of ether oxygens (including phenoxy) is 3. The Hall–Kier alpha value is -1.92. The van der Waals surface area contributed by atoms with E-state index >= 15 is 0 Å². The average Bonchev–Trinajstić information content (AvgIpc) is 2.60. The van der Waals surface area contributed by atoms with Crippen molar-refractivity contribution in [2.45, 2.75) is 13.0 Å². The van der Waals surface area contributed by atoms with Crippen LogP contribution in [-0.2, 0) is 4.79 Å². The molecule has 0 saturated heterocycles. The standard InChI is InChI=1S/C18H19BrClNO4/c1-11(14-9-13(23-2)5-7-16(14)24-3)21-18(22)10-25-17-6-4-12(19)8-15(17)20/h4-9,11H,10H2,1-3H3,(H,21,22). The number of rotatable bonds is 7. The Bertz CT molecular complexity index is 754. The van der Waals surface area contributed by atoms with E-state index in [1.807, 2.05) is 13.0 Å². The summed E-state index contributed by atoms with van der Waals surface area (Å²) in [6.07, 6.45) is 0. The lowest BCUT2D eigenvalue weighted by Gasteiger charge is -2.18. The molecule has 0 radical (unpaired) electrons. The molecule has 0 bridgehead atoms. The third-order valence-electron chi connectivity index (χ3n) is 3.53. The minimum atomic E-state index is -0.276. The Kier molecular flexibility index (Phi) is 6.96. The molecule has 5 nitrogen and oxygen atoms in total. The van der Waals surface area contributed by atoms with E-state index < -0.39 is 0 Å². The summed E-state index contributed by atoms with van der Waals surface area (Å²) in [5.41, 5.74) is 0.817. The van der Waals surface area contributed by atoms with Gasteiger partial charge in [-0.15, -0.1) is 0 Å². The fourth-order valence-electron chi connectivity index (χ4n) is 2.27. The van der Waals surface area contributed by atoms with E-state index in [0.717, 1.165) is 10.0 Å². The molecule has 0 aliphatic heterocycles. The van der Waals surface area contributed by atoms with E-state index in [0.29, 0.717) is 22.3 Å². The predicted molar refractivity (Wildman–Crippen MR) is 101 cm³/mol. The van der Waals surface area contributed by atoms with Gasteiger partial charge in [0.15, 0.2) is 6.61 Å². The molecule has 25 heavy (non-hydrogen) atoms. The first-order valence-corrected chi connectivity index (χ1v) is 8.70. The third kappa shape index (κ3) is 5.28. The first kappa shape index (κ1) is 19.4. The van der Waals surface area contributed by atoms with Crippen molar-refractivity contribution in [2.75, 3.05) is 20.8 Å². The summed E-state index contributed by atoms with van der Waals surface area (Å²) in [4.78, 5) is 12.2. The van der Waals surface area contributed by atoms with Crippen LogP contribution in [0.4, 0.5) is 0 Å². The molecule has 0 aliphatic carbocycles. The molecule has 1 atom stereocenters. The maximum atomic E-state index is 12.2. The van der Waals surface area contributed by atoms with Gasteiger partial charge in [0.1, 0.15) is 17.2 Å². The Morgan fingerprint density at radius 2 is 1.88 bits per heavy atom. The van der Waals surface area contributed by atoms with Crippen molar-refractivity contribution in [2.24, 2.45) is 0 Å². The number of nitrogens with one attached hydrogen (secondary N) is 1. The van der Waals surface area contributed by atoms with Gasteiger partial charge in [-0.05, 0) is 43.3 Å². The molecule has 1 unspecified atom stereocenters. The predicted octanol–water partition coefficient (Wildman–Crippen LogP) is 4.38. The number of hydrogen-bond donors (Lipinski definition) is 1. The Balaban J connectivity index is 2.00. The minimum absolute atomic E-state index is 0.141. The van der Waals surface area contributed by atoms with Crippen molar-refractivity contribution >= 4 is 33.4 Å². The van der Waals surface area contributed by atoms with Gasteiger partial charge in [-0.3, -0.25) is 4.79 Å². The highest BCUT2D eigenvalue weighted by atomic mass is 79.9. The molecule has 0 saturated carbocycles. The monoisotopic (exact) mass is 427 g/mol. The second-order valence-corrected chi connectivity index (χ2v) is 6.58. The highest BCUT2D eigenvalue weighted by molar-refractivity contribution is 9.10. The van der Waals surface area contributed by atoms with Gasteiger partial charge in [0.05, 0.1) is 25.3 Å². The average molecular weight is 429 g/mol. The summed E-state index contributed by atoms with van der Waals surface area (Å²) in [6, 6.07) is 10.4. The summed E-state index contributed by atoms with van der Waals surface area (Å²) in [5, 5.41) is 3.31. The van der Waals surface area contributed by atoms with Crippen molar-refractivity contribution in [1.29, 1.82) is 0 Å². The summed E-state index contributed by atoms with van der Waals surface area (Å²) in [5.74, 6) is 1.54. The largest absolute Gasteiger partial charge is 0.497 e. The number of benzene rings is 2. The van der Waals surface area contributed by atoms with Crippen molar-refractivity contribution in [3.63, 3.8) is 0 Å². The van der Waals surface area contributed by atoms with Crippen LogP contribution in [-0.4, -0.2) is 26.7 Å². The van der Waals surface area contributed by atoms with Crippen LogP contribution >= 0.6 is 27.5 Å². The molecule has 0 heterocycles. The van der Waals surface area contributed by atoms with Crippen molar-refractivity contribution in [3.05, 3.63) is 51.5 Å². The molecule has 0 aliphatic rings. The zero-order valence-corrected chi connectivity index (χ0v) is 16.5. The lowest BCUT2D eigenvalue weighted by Crippen LogP contribution is -2.31. The molecule has 2 aromatic rings. The number of methoxy groups -OCH3 is 2. The lowest BCUT2D eigenvalue weighted by atomic mass is 10.1. The van der Waals surface area contributed by atoms with E-state index in [-0.39, 0.29) is 18.6 Å². The molecule has 7 heteroatoms. The van der Waals surface area contributed by atoms with E-state index in [9.17, 15) is 4.79 Å². The maximum absolute atomic E-state index is 12.2. The van der Waals surface area contributed by atoms with Crippen LogP contribution in [0.25, 0.3) is 0 Å². The number of carbonyl (C=O) groups is 1. The smallest absolute Gasteiger partial charge is 0.258 e. The summed E-state index contributed by atoms with van der Waals surface area (Å²) < 4.78 is 16.9. The van der Waals surface area contributed by atoms with Crippen LogP contribution in [0.5, 0.6) is 17.2 Å². The maximum Gasteiger partial charge on any atom is 0.258 e. The molecular formula is C18H19BrClNO4. The Morgan fingerprint density at radius 3 is 2.52 bits per heavy atom. The van der Waals surface area contributed by atoms with Gasteiger partial charge >= 0.3 is 0 Å². The molecule has 2 aromatic carbocycles. The molecule has 0 spiro atoms. The van der Waals surface area contributed by atoms with Crippen LogP contribution in [0.3, 0.4) is 0 Å². The Labute approximate surface area is 160 Å². The van der Waals surface area contributed by atoms with E-state index in [1.165, 1.54) is 0 Å². The molecule has 0 fully saturated rings. The highest BCUT2D eigenvalue weighted by Crippen LogP contribution is 2.30. The van der Waals surface area contributed by atoms with Gasteiger partial charge in [0.2, 0.25) is 0 Å². The molecule has 1 amide bonds. The quantitative estimate of drug-likeness (QED) is 0.711. The van der Waals surface area contributed by atoms with Crippen LogP contribution in [0, 0.1) is 0 Å². The van der Waals surface area contributed by atoms with Crippen molar-refractivity contribution in [3.8, 4) is 17.2 Å². The van der Waals surface area contributed by atoms with Crippen molar-refractivity contribution < 1.29 is 19.0 Å². The third-order valence-corrected chi connectivity index (χ3v) is 4.32. The molecule has 0 aromatic heterocycles. The first-order valence-electron chi connectivity index (χ1n) is 7.53. The number of hydrogen-bond acceptors (Lipinski definition) is 4. The van der Waals surface area contributed by atoms with Gasteiger partial charge in [-0.2, -0.15) is 0 Å². The van der Waals surface area contributed by atoms with E-state index in [2.05, 4.69) is 21.2 Å². The van der Waals surface area contributed by atoms with E-state index in [1.54, 1.807) is 44.6 Å². The van der Waals surface area contributed by atoms with Gasteiger partial charge in [0, 0.05) is 10.0 Å². The summed E-state index contributed by atoms with van der Waals surface area (Å²) in [7, 11) is 3.17. The number of halogens is 2. The molecule has 134 valence electrons. The van der Waals surface area contributed by atoms with E-state index in [4.69, 9.17) is 25.8 Å². The minimum Gasteiger partial charge on any atom is -0.497 e. The van der Waals surface area contributed by atoms with Crippen LogP contribution < -0.4 is 19.5 Å². The van der Waals surface area contributed by atoms with Gasteiger partial charge < -0.3 is 19.5 Å². The zero-order valence-electron chi connectivity index (χ0n) is 14.1. The Morgan fingerprint density at radius 1 is 1.16 bits per heavy atom. The topological polar surface area (TPSA) is 56.8 Å². The summed E-state index contributed by atoms with van der Waals surface area (Å²) in [6.45, 7) is 1.72. The zero-order chi connectivity index (χ0) is 18.4. The van der Waals surface area contributed by atoms with Crippen LogP contribution in [0.15, 0.2) is 40.9 Å². The van der Waals surface area contributed by atoms with Gasteiger partial charge in [-0.1, -0.05) is 27.5 Å². The highest BCUT2D eigenvalue weighted by Gasteiger charge is 2.16. The molecule has 2 rings (SSSR count). The second-order valence-electron chi connectivity index (χ2n) is 5.26. The van der Waals surface area contributed by atoms with Crippen molar-refractivity contribution in [1.82, 2.24) is 5.32 Å². The fraction of sp³-hybridized carbons (Fsp3) is 0.278. The van der Waals surface area contributed by atoms with Crippen LogP contribution in [0.1, 0.15) is 18.5 Å². The lowest BCUT2D eigenvalue weighted by molar-refractivity contribution is -0.123. The van der Waals surface area contributed by atoms with Gasteiger partial charge in [0.25, 0.3) is 5.91 Å². The second kappa shape index (κ2) is 8.97. The SMILES string of the molecule is COc1ccc(OC)c(C(C)NC(=O)COc2ccc(Br)cc2Cl)c1. The van der Waals surface area contributed by atoms with Crippen LogP contribution in [0.2, 0.25) is 5.02 Å². The molecular weight excluding hydrogens is 410 g/mol. The number of carbonyl (C=O) groups excluding carboxylic acids is 1. The molecule has 1 N–H and O–H groups in total. The fourth-order valence-corrected chi connectivity index (χ4v) is 3.00. The van der Waals surface area contributed by atoms with Gasteiger partial charge in [-0.25, -0.2) is 0 Å². The normalized spacial score (nSPS) is 11.6. The summed E-state index contributed by atoms with van der Waals surface area (Å²) >= 11 is 9.39.